The van der Waals surface area contributed by atoms with Crippen LogP contribution >= 0.6 is 0 Å². The molecule has 0 aliphatic heterocycles. The van der Waals surface area contributed by atoms with Gasteiger partial charge in [-0.1, -0.05) is 5.92 Å². The second-order valence-electron chi connectivity index (χ2n) is 1.07. The number of hydrogen-bond acceptors (Lipinski definition) is 1. The fourth-order valence-corrected chi connectivity index (χ4v) is 0.209. The Morgan fingerprint density at radius 2 is 2.17 bits per heavy atom. The summed E-state index contributed by atoms with van der Waals surface area (Å²) in [6.07, 6.45) is -0.463. The molecule has 0 aromatic rings. The maximum absolute atomic E-state index is 8.38. The van der Waals surface area contributed by atoms with Crippen LogP contribution in [-0.2, 0) is 0 Å². The first kappa shape index (κ1) is 5.52. The van der Waals surface area contributed by atoms with Crippen molar-refractivity contribution in [1.82, 2.24) is 0 Å². The third kappa shape index (κ3) is 3.52. The van der Waals surface area contributed by atoms with E-state index < -0.39 is 6.10 Å². The molecule has 0 aliphatic rings. The molecular formula is C5H8O. The van der Waals surface area contributed by atoms with E-state index in [0.29, 0.717) is 0 Å². The van der Waals surface area contributed by atoms with E-state index >= 15 is 0 Å². The molecule has 0 aromatic heterocycles. The van der Waals surface area contributed by atoms with Crippen molar-refractivity contribution in [1.29, 1.82) is 0 Å². The summed E-state index contributed by atoms with van der Waals surface area (Å²) in [7, 11) is 0. The second kappa shape index (κ2) is 2.74. The lowest BCUT2D eigenvalue weighted by Crippen LogP contribution is -1.91. The molecule has 0 fully saturated rings. The van der Waals surface area contributed by atoms with E-state index in [4.69, 9.17) is 5.11 Å². The summed E-state index contributed by atoms with van der Waals surface area (Å²) in [5.41, 5.74) is 0. The number of hydrogen-bond donors (Lipinski definition) is 1. The second-order valence-corrected chi connectivity index (χ2v) is 1.07. The predicted octanol–water partition coefficient (Wildman–Crippen LogP) is 0.391. The summed E-state index contributed by atoms with van der Waals surface area (Å²) < 4.78 is 0. The van der Waals surface area contributed by atoms with Gasteiger partial charge in [-0.3, -0.25) is 0 Å². The zero-order chi connectivity index (χ0) is 4.99. The van der Waals surface area contributed by atoms with Crippen LogP contribution < -0.4 is 0 Å². The van der Waals surface area contributed by atoms with Gasteiger partial charge in [0.2, 0.25) is 0 Å². The lowest BCUT2D eigenvalue weighted by atomic mass is 10.4. The van der Waals surface area contributed by atoms with E-state index in [9.17, 15) is 0 Å². The molecule has 0 aromatic carbocycles. The SMILES string of the molecule is CC#C[C@H](C)O. The van der Waals surface area contributed by atoms with E-state index in [1.807, 2.05) is 0 Å². The number of rotatable bonds is 0. The first-order valence-corrected chi connectivity index (χ1v) is 1.87. The molecule has 0 rings (SSSR count). The highest BCUT2D eigenvalue weighted by atomic mass is 16.3. The molecule has 0 heterocycles. The standard InChI is InChI=1S/C5H8O/c1-3-4-5(2)6/h5-6H,1-2H3/t5-/m0/s1. The fourth-order valence-electron chi connectivity index (χ4n) is 0.209. The van der Waals surface area contributed by atoms with Gasteiger partial charge in [-0.05, 0) is 13.8 Å². The summed E-state index contributed by atoms with van der Waals surface area (Å²) in [6, 6.07) is 0. The van der Waals surface area contributed by atoms with Crippen LogP contribution in [0, 0.1) is 11.8 Å². The quantitative estimate of drug-likeness (QED) is 0.421. The van der Waals surface area contributed by atoms with Gasteiger partial charge in [0.25, 0.3) is 0 Å². The third-order valence-corrected chi connectivity index (χ3v) is 0.353. The molecule has 34 valence electrons. The minimum absolute atomic E-state index is 0.463. The molecule has 0 saturated heterocycles. The zero-order valence-corrected chi connectivity index (χ0v) is 4.02. The smallest absolute Gasteiger partial charge is 0.111 e. The van der Waals surface area contributed by atoms with Crippen molar-refractivity contribution < 1.29 is 5.11 Å². The Morgan fingerprint density at radius 1 is 1.67 bits per heavy atom. The van der Waals surface area contributed by atoms with Crippen molar-refractivity contribution >= 4 is 0 Å². The molecule has 1 nitrogen and oxygen atoms in total. The van der Waals surface area contributed by atoms with Crippen LogP contribution in [0.25, 0.3) is 0 Å². The van der Waals surface area contributed by atoms with E-state index in [1.54, 1.807) is 13.8 Å². The van der Waals surface area contributed by atoms with E-state index in [1.165, 1.54) is 0 Å². The fraction of sp³-hybridized carbons (Fsp3) is 0.600. The molecule has 1 heteroatoms. The predicted molar refractivity (Wildman–Crippen MR) is 25.1 cm³/mol. The molecule has 0 spiro atoms. The van der Waals surface area contributed by atoms with Crippen LogP contribution in [0.3, 0.4) is 0 Å². The lowest BCUT2D eigenvalue weighted by Gasteiger charge is -1.82. The van der Waals surface area contributed by atoms with Gasteiger partial charge in [0.05, 0.1) is 0 Å². The Balaban J connectivity index is 3.20. The maximum atomic E-state index is 8.38. The normalized spacial score (nSPS) is 11.8. The van der Waals surface area contributed by atoms with Crippen molar-refractivity contribution in [3.05, 3.63) is 0 Å². The van der Waals surface area contributed by atoms with Gasteiger partial charge in [-0.2, -0.15) is 0 Å². The van der Waals surface area contributed by atoms with Gasteiger partial charge in [0, 0.05) is 0 Å². The first-order valence-electron chi connectivity index (χ1n) is 1.87. The van der Waals surface area contributed by atoms with E-state index in [2.05, 4.69) is 11.8 Å². The highest BCUT2D eigenvalue weighted by Crippen LogP contribution is 1.69. The maximum Gasteiger partial charge on any atom is 0.111 e. The average molecular weight is 84.1 g/mol. The van der Waals surface area contributed by atoms with Crippen molar-refractivity contribution in [2.45, 2.75) is 20.0 Å². The molecule has 6 heavy (non-hydrogen) atoms. The molecule has 0 radical (unpaired) electrons. The van der Waals surface area contributed by atoms with Gasteiger partial charge >= 0.3 is 0 Å². The van der Waals surface area contributed by atoms with Gasteiger partial charge in [-0.15, -0.1) is 5.92 Å². The molecule has 1 atom stereocenters. The van der Waals surface area contributed by atoms with Gasteiger partial charge < -0.3 is 5.11 Å². The van der Waals surface area contributed by atoms with Gasteiger partial charge in [0.1, 0.15) is 6.10 Å². The van der Waals surface area contributed by atoms with E-state index in [-0.39, 0.29) is 0 Å². The molecule has 1 N–H and O–H groups in total. The Hall–Kier alpha value is -0.480. The van der Waals surface area contributed by atoms with Crippen LogP contribution in [0.4, 0.5) is 0 Å². The molecule has 0 unspecified atom stereocenters. The van der Waals surface area contributed by atoms with Crippen LogP contribution in [0.2, 0.25) is 0 Å². The summed E-state index contributed by atoms with van der Waals surface area (Å²) >= 11 is 0. The third-order valence-electron chi connectivity index (χ3n) is 0.353. The first-order chi connectivity index (χ1) is 2.77. The minimum atomic E-state index is -0.463. The number of aliphatic hydroxyl groups excluding tert-OH is 1. The Kier molecular flexibility index (Phi) is 2.52. The van der Waals surface area contributed by atoms with Crippen molar-refractivity contribution in [2.75, 3.05) is 0 Å². The molecule has 0 bridgehead atoms. The molecule has 0 saturated carbocycles. The summed E-state index contributed by atoms with van der Waals surface area (Å²) in [5, 5.41) is 8.38. The highest BCUT2D eigenvalue weighted by Gasteiger charge is 1.77. The Bertz CT molecular complexity index is 73.7. The van der Waals surface area contributed by atoms with Crippen molar-refractivity contribution in [3.8, 4) is 11.8 Å². The molecular weight excluding hydrogens is 76.1 g/mol. The van der Waals surface area contributed by atoms with Gasteiger partial charge in [-0.25, -0.2) is 0 Å². The monoisotopic (exact) mass is 84.1 g/mol. The van der Waals surface area contributed by atoms with Crippen LogP contribution in [0.1, 0.15) is 13.8 Å². The van der Waals surface area contributed by atoms with Crippen LogP contribution in [-0.4, -0.2) is 11.2 Å². The van der Waals surface area contributed by atoms with Crippen LogP contribution in [0.5, 0.6) is 0 Å². The summed E-state index contributed by atoms with van der Waals surface area (Å²) in [5.74, 6) is 5.08. The molecule has 0 amide bonds. The summed E-state index contributed by atoms with van der Waals surface area (Å²) in [6.45, 7) is 3.34. The van der Waals surface area contributed by atoms with Crippen molar-refractivity contribution in [2.24, 2.45) is 0 Å². The Morgan fingerprint density at radius 3 is 2.17 bits per heavy atom. The van der Waals surface area contributed by atoms with E-state index in [0.717, 1.165) is 0 Å². The Labute approximate surface area is 38.0 Å². The van der Waals surface area contributed by atoms with Crippen molar-refractivity contribution in [3.63, 3.8) is 0 Å². The summed E-state index contributed by atoms with van der Waals surface area (Å²) in [4.78, 5) is 0. The molecule has 0 aliphatic carbocycles. The highest BCUT2D eigenvalue weighted by molar-refractivity contribution is 4.99. The topological polar surface area (TPSA) is 20.2 Å². The largest absolute Gasteiger partial charge is 0.381 e. The number of aliphatic hydroxyl groups is 1. The lowest BCUT2D eigenvalue weighted by molar-refractivity contribution is 0.253. The minimum Gasteiger partial charge on any atom is -0.381 e. The zero-order valence-electron chi connectivity index (χ0n) is 4.02. The average Bonchev–Trinajstić information content (AvgIpc) is 1.35. The van der Waals surface area contributed by atoms with Crippen LogP contribution in [0.15, 0.2) is 0 Å². The van der Waals surface area contributed by atoms with Gasteiger partial charge in [0.15, 0.2) is 0 Å².